The Labute approximate surface area is 151 Å². The Morgan fingerprint density at radius 3 is 1.59 bits per heavy atom. The summed E-state index contributed by atoms with van der Waals surface area (Å²) in [5, 5.41) is 0.218. The number of hydrogen-bond acceptors (Lipinski definition) is 6. The van der Waals surface area contributed by atoms with Gasteiger partial charge in [-0.1, -0.05) is 0 Å². The van der Waals surface area contributed by atoms with Gasteiger partial charge >= 0.3 is 10.4 Å². The van der Waals surface area contributed by atoms with Crippen LogP contribution in [0.5, 0.6) is 11.5 Å². The summed E-state index contributed by atoms with van der Waals surface area (Å²) in [5.41, 5.74) is 12.2. The van der Waals surface area contributed by atoms with Gasteiger partial charge in [0, 0.05) is 10.8 Å². The zero-order chi connectivity index (χ0) is 19.3. The maximum absolute atomic E-state index is 13.5. The van der Waals surface area contributed by atoms with E-state index in [4.69, 9.17) is 19.8 Å². The van der Waals surface area contributed by atoms with Crippen LogP contribution in [0.25, 0.3) is 21.8 Å². The van der Waals surface area contributed by atoms with Crippen LogP contribution in [-0.4, -0.2) is 18.4 Å². The number of H-pyrrole nitrogens is 2. The van der Waals surface area contributed by atoms with Crippen molar-refractivity contribution >= 4 is 43.8 Å². The van der Waals surface area contributed by atoms with E-state index in [0.717, 1.165) is 12.1 Å². The van der Waals surface area contributed by atoms with Crippen LogP contribution in [-0.2, 0) is 10.4 Å². The van der Waals surface area contributed by atoms with Gasteiger partial charge < -0.3 is 29.8 Å². The molecule has 140 valence electrons. The first-order chi connectivity index (χ1) is 12.7. The molecular formula is C16H12F2N4O4S. The molecule has 0 fully saturated rings. The number of benzene rings is 2. The smallest absolute Gasteiger partial charge is 0.382 e. The van der Waals surface area contributed by atoms with Gasteiger partial charge in [-0.05, 0) is 36.4 Å². The first-order valence-corrected chi connectivity index (χ1v) is 8.84. The lowest BCUT2D eigenvalue weighted by molar-refractivity contribution is 0.397. The average molecular weight is 394 g/mol. The molecule has 0 amide bonds. The lowest BCUT2D eigenvalue weighted by Crippen LogP contribution is -2.17. The second-order valence-corrected chi connectivity index (χ2v) is 6.84. The zero-order valence-electron chi connectivity index (χ0n) is 13.4. The van der Waals surface area contributed by atoms with Crippen molar-refractivity contribution in [3.05, 3.63) is 48.0 Å². The van der Waals surface area contributed by atoms with Crippen molar-refractivity contribution in [3.8, 4) is 11.5 Å². The molecule has 2 heterocycles. The van der Waals surface area contributed by atoms with E-state index in [1.54, 1.807) is 0 Å². The first-order valence-electron chi connectivity index (χ1n) is 7.51. The van der Waals surface area contributed by atoms with E-state index in [9.17, 15) is 17.2 Å². The maximum Gasteiger partial charge on any atom is 0.501 e. The molecule has 0 aliphatic rings. The molecular weight excluding hydrogens is 382 g/mol. The van der Waals surface area contributed by atoms with Gasteiger partial charge in [0.15, 0.2) is 11.5 Å². The highest BCUT2D eigenvalue weighted by Crippen LogP contribution is 2.37. The van der Waals surface area contributed by atoms with Crippen molar-refractivity contribution in [1.29, 1.82) is 0 Å². The molecule has 0 atom stereocenters. The molecule has 8 nitrogen and oxygen atoms in total. The van der Waals surface area contributed by atoms with Crippen LogP contribution in [0.1, 0.15) is 0 Å². The molecule has 4 aromatic rings. The van der Waals surface area contributed by atoms with Crippen LogP contribution < -0.4 is 19.8 Å². The molecule has 6 N–H and O–H groups in total. The highest BCUT2D eigenvalue weighted by molar-refractivity contribution is 7.82. The summed E-state index contributed by atoms with van der Waals surface area (Å²) < 4.78 is 61.5. The number of hydrogen-bond donors (Lipinski definition) is 4. The molecule has 2 aromatic heterocycles. The topological polar surface area (TPSA) is 136 Å². The van der Waals surface area contributed by atoms with Crippen LogP contribution in [0.4, 0.5) is 20.4 Å². The maximum atomic E-state index is 13.5. The third-order valence-electron chi connectivity index (χ3n) is 3.85. The van der Waals surface area contributed by atoms with Crippen molar-refractivity contribution in [2.75, 3.05) is 11.5 Å². The minimum Gasteiger partial charge on any atom is -0.382 e. The minimum atomic E-state index is -4.73. The Kier molecular flexibility index (Phi) is 3.63. The van der Waals surface area contributed by atoms with E-state index in [2.05, 4.69) is 9.97 Å². The monoisotopic (exact) mass is 394 g/mol. The van der Waals surface area contributed by atoms with Gasteiger partial charge in [0.25, 0.3) is 0 Å². The number of nitrogen functional groups attached to an aromatic ring is 2. The van der Waals surface area contributed by atoms with E-state index in [1.165, 1.54) is 24.3 Å². The number of aromatic amines is 2. The number of fused-ring (bicyclic) bond motifs is 2. The Bertz CT molecular complexity index is 1200. The molecule has 0 unspecified atom stereocenters. The largest absolute Gasteiger partial charge is 0.501 e. The zero-order valence-corrected chi connectivity index (χ0v) is 14.2. The quantitative estimate of drug-likeness (QED) is 0.420. The Morgan fingerprint density at radius 1 is 0.778 bits per heavy atom. The number of anilines is 2. The van der Waals surface area contributed by atoms with Gasteiger partial charge in [-0.15, -0.1) is 8.42 Å². The molecule has 0 saturated heterocycles. The van der Waals surface area contributed by atoms with E-state index in [1.807, 2.05) is 0 Å². The molecule has 0 aliphatic heterocycles. The molecule has 0 bridgehead atoms. The van der Waals surface area contributed by atoms with Gasteiger partial charge in [-0.3, -0.25) is 0 Å². The fourth-order valence-corrected chi connectivity index (χ4v) is 3.52. The van der Waals surface area contributed by atoms with Crippen molar-refractivity contribution in [2.45, 2.75) is 0 Å². The van der Waals surface area contributed by atoms with Crippen LogP contribution in [0.15, 0.2) is 36.4 Å². The first kappa shape index (κ1) is 17.0. The van der Waals surface area contributed by atoms with Crippen molar-refractivity contribution in [3.63, 3.8) is 0 Å². The molecule has 0 saturated carbocycles. The SMILES string of the molecule is Nc1[nH]c2ccc(F)cc2c1OS(=O)(=O)Oc1c(N)[nH]c2ccc(F)cc12. The predicted octanol–water partition coefficient (Wildman–Crippen LogP) is 2.79. The van der Waals surface area contributed by atoms with Gasteiger partial charge in [-0.25, -0.2) is 8.78 Å². The van der Waals surface area contributed by atoms with Crippen molar-refractivity contribution in [1.82, 2.24) is 9.97 Å². The summed E-state index contributed by atoms with van der Waals surface area (Å²) in [7, 11) is -4.73. The fourth-order valence-electron chi connectivity index (χ4n) is 2.72. The number of nitrogens with one attached hydrogen (secondary N) is 2. The second kappa shape index (κ2) is 5.77. The molecule has 0 spiro atoms. The lowest BCUT2D eigenvalue weighted by Gasteiger charge is -2.08. The Hall–Kier alpha value is -3.47. The summed E-state index contributed by atoms with van der Waals surface area (Å²) >= 11 is 0. The lowest BCUT2D eigenvalue weighted by atomic mass is 10.2. The molecule has 2 aromatic carbocycles. The van der Waals surface area contributed by atoms with Gasteiger partial charge in [0.2, 0.25) is 0 Å². The summed E-state index contributed by atoms with van der Waals surface area (Å²) in [6.45, 7) is 0. The highest BCUT2D eigenvalue weighted by Gasteiger charge is 2.25. The van der Waals surface area contributed by atoms with E-state index in [0.29, 0.717) is 11.0 Å². The predicted molar refractivity (Wildman–Crippen MR) is 95.5 cm³/mol. The Balaban J connectivity index is 1.74. The summed E-state index contributed by atoms with van der Waals surface area (Å²) in [5.74, 6) is -2.15. The molecule has 27 heavy (non-hydrogen) atoms. The Morgan fingerprint density at radius 2 is 1.19 bits per heavy atom. The van der Waals surface area contributed by atoms with Gasteiger partial charge in [0.1, 0.15) is 23.3 Å². The van der Waals surface area contributed by atoms with E-state index < -0.39 is 22.0 Å². The van der Waals surface area contributed by atoms with Gasteiger partial charge in [-0.2, -0.15) is 0 Å². The number of halogens is 2. The van der Waals surface area contributed by atoms with E-state index >= 15 is 0 Å². The average Bonchev–Trinajstić information content (AvgIpc) is 3.05. The molecule has 11 heteroatoms. The van der Waals surface area contributed by atoms with Crippen LogP contribution in [0, 0.1) is 11.6 Å². The van der Waals surface area contributed by atoms with Gasteiger partial charge in [0.05, 0.1) is 11.0 Å². The third-order valence-corrected chi connectivity index (χ3v) is 4.59. The van der Waals surface area contributed by atoms with Crippen molar-refractivity contribution < 1.29 is 25.6 Å². The molecule has 0 radical (unpaired) electrons. The van der Waals surface area contributed by atoms with Crippen molar-refractivity contribution in [2.24, 2.45) is 0 Å². The summed E-state index contributed by atoms with van der Waals surface area (Å²) in [4.78, 5) is 5.34. The molecule has 4 rings (SSSR count). The standard InChI is InChI=1S/C16H12F2N4O4S/c17-7-1-3-11-9(5-7)13(15(19)21-11)25-27(23,24)26-14-10-6-8(18)2-4-12(10)22-16(14)20/h1-6,21-22H,19-20H2. The summed E-state index contributed by atoms with van der Waals surface area (Å²) in [6.07, 6.45) is 0. The van der Waals surface area contributed by atoms with E-state index in [-0.39, 0.29) is 33.9 Å². The third kappa shape index (κ3) is 2.97. The normalized spacial score (nSPS) is 11.9. The fraction of sp³-hybridized carbons (Fsp3) is 0. The second-order valence-electron chi connectivity index (χ2n) is 5.69. The summed E-state index contributed by atoms with van der Waals surface area (Å²) in [6, 6.07) is 7.22. The number of aromatic nitrogens is 2. The van der Waals surface area contributed by atoms with Crippen LogP contribution >= 0.6 is 0 Å². The molecule has 0 aliphatic carbocycles. The number of nitrogens with two attached hydrogens (primary N) is 2. The number of rotatable bonds is 4. The minimum absolute atomic E-state index is 0.109. The van der Waals surface area contributed by atoms with Crippen LogP contribution in [0.2, 0.25) is 0 Å². The van der Waals surface area contributed by atoms with Crippen LogP contribution in [0.3, 0.4) is 0 Å². The highest BCUT2D eigenvalue weighted by atomic mass is 32.3.